The Hall–Kier alpha value is -1.75. The zero-order valence-corrected chi connectivity index (χ0v) is 16.7. The predicted octanol–water partition coefficient (Wildman–Crippen LogP) is 4.67. The Morgan fingerprint density at radius 2 is 1.81 bits per heavy atom. The van der Waals surface area contributed by atoms with E-state index in [9.17, 15) is 4.79 Å². The van der Waals surface area contributed by atoms with Gasteiger partial charge in [0.05, 0.1) is 0 Å². The maximum absolute atomic E-state index is 11.6. The Labute approximate surface area is 170 Å². The molecule has 0 atom stereocenters. The van der Waals surface area contributed by atoms with Crippen LogP contribution in [0.1, 0.15) is 30.4 Å². The van der Waals surface area contributed by atoms with Gasteiger partial charge in [0.2, 0.25) is 5.91 Å². The molecule has 1 aliphatic heterocycles. The molecule has 0 saturated carbocycles. The van der Waals surface area contributed by atoms with E-state index in [0.29, 0.717) is 29.0 Å². The standard InChI is InChI=1S/C21H24Cl2N2O2/c22-19-4-1-5-20(23)18(19)15-27-17-9-7-16(8-10-17)14-24-11-3-13-25-12-2-6-21(25)26/h1,4-5,7-10,24H,2-3,6,11-15H2. The van der Waals surface area contributed by atoms with Gasteiger partial charge in [-0.1, -0.05) is 41.4 Å². The molecule has 144 valence electrons. The molecule has 0 spiro atoms. The van der Waals surface area contributed by atoms with E-state index < -0.39 is 0 Å². The van der Waals surface area contributed by atoms with E-state index in [1.54, 1.807) is 12.1 Å². The topological polar surface area (TPSA) is 41.6 Å². The summed E-state index contributed by atoms with van der Waals surface area (Å²) in [5.74, 6) is 1.07. The van der Waals surface area contributed by atoms with E-state index >= 15 is 0 Å². The number of carbonyl (C=O) groups excluding carboxylic acids is 1. The molecule has 1 heterocycles. The highest BCUT2D eigenvalue weighted by Gasteiger charge is 2.18. The molecule has 0 aromatic heterocycles. The number of carbonyl (C=O) groups is 1. The molecule has 1 amide bonds. The molecular formula is C21H24Cl2N2O2. The summed E-state index contributed by atoms with van der Waals surface area (Å²) in [7, 11) is 0. The zero-order valence-electron chi connectivity index (χ0n) is 15.2. The second-order valence-electron chi connectivity index (χ2n) is 6.65. The normalized spacial score (nSPS) is 14.0. The number of halogens is 2. The fourth-order valence-electron chi connectivity index (χ4n) is 3.10. The number of hydrogen-bond acceptors (Lipinski definition) is 3. The Balaban J connectivity index is 1.38. The third-order valence-electron chi connectivity index (χ3n) is 4.65. The summed E-state index contributed by atoms with van der Waals surface area (Å²) in [5, 5.41) is 4.64. The number of nitrogens with one attached hydrogen (secondary N) is 1. The quantitative estimate of drug-likeness (QED) is 0.614. The summed E-state index contributed by atoms with van der Waals surface area (Å²) in [6, 6.07) is 13.4. The Morgan fingerprint density at radius 1 is 1.07 bits per heavy atom. The fourth-order valence-corrected chi connectivity index (χ4v) is 3.60. The molecule has 6 heteroatoms. The maximum atomic E-state index is 11.6. The van der Waals surface area contributed by atoms with Crippen LogP contribution >= 0.6 is 23.2 Å². The number of amides is 1. The van der Waals surface area contributed by atoms with Gasteiger partial charge in [-0.3, -0.25) is 4.79 Å². The number of benzene rings is 2. The molecule has 1 N–H and O–H groups in total. The number of hydrogen-bond donors (Lipinski definition) is 1. The molecule has 1 fully saturated rings. The van der Waals surface area contributed by atoms with Gasteiger partial charge in [0.1, 0.15) is 12.4 Å². The smallest absolute Gasteiger partial charge is 0.222 e. The van der Waals surface area contributed by atoms with Gasteiger partial charge in [-0.25, -0.2) is 0 Å². The summed E-state index contributed by atoms with van der Waals surface area (Å²) in [5.41, 5.74) is 1.98. The summed E-state index contributed by atoms with van der Waals surface area (Å²) < 4.78 is 5.79. The molecular weight excluding hydrogens is 383 g/mol. The first-order valence-electron chi connectivity index (χ1n) is 9.26. The van der Waals surface area contributed by atoms with Crippen LogP contribution in [0.3, 0.4) is 0 Å². The van der Waals surface area contributed by atoms with Crippen molar-refractivity contribution in [3.63, 3.8) is 0 Å². The van der Waals surface area contributed by atoms with Gasteiger partial charge in [-0.15, -0.1) is 0 Å². The van der Waals surface area contributed by atoms with Gasteiger partial charge in [-0.2, -0.15) is 0 Å². The van der Waals surface area contributed by atoms with Crippen molar-refractivity contribution < 1.29 is 9.53 Å². The first kappa shape index (κ1) is 20.0. The number of ether oxygens (including phenoxy) is 1. The monoisotopic (exact) mass is 406 g/mol. The van der Waals surface area contributed by atoms with Crippen LogP contribution in [0.5, 0.6) is 5.75 Å². The van der Waals surface area contributed by atoms with Crippen molar-refractivity contribution in [1.82, 2.24) is 10.2 Å². The van der Waals surface area contributed by atoms with Crippen LogP contribution in [0.4, 0.5) is 0 Å². The van der Waals surface area contributed by atoms with E-state index in [-0.39, 0.29) is 0 Å². The van der Waals surface area contributed by atoms with Gasteiger partial charge in [0.25, 0.3) is 0 Å². The lowest BCUT2D eigenvalue weighted by Crippen LogP contribution is -2.28. The number of likely N-dealkylation sites (tertiary alicyclic amines) is 1. The lowest BCUT2D eigenvalue weighted by atomic mass is 10.2. The van der Waals surface area contributed by atoms with E-state index in [2.05, 4.69) is 5.32 Å². The highest BCUT2D eigenvalue weighted by molar-refractivity contribution is 6.35. The lowest BCUT2D eigenvalue weighted by molar-refractivity contribution is -0.127. The minimum absolute atomic E-state index is 0.295. The molecule has 0 aliphatic carbocycles. The van der Waals surface area contributed by atoms with Crippen molar-refractivity contribution in [2.75, 3.05) is 19.6 Å². The Kier molecular flexibility index (Phi) is 7.39. The molecule has 1 aliphatic rings. The number of nitrogens with zero attached hydrogens (tertiary/aromatic N) is 1. The molecule has 2 aromatic carbocycles. The highest BCUT2D eigenvalue weighted by Crippen LogP contribution is 2.26. The number of rotatable bonds is 9. The van der Waals surface area contributed by atoms with Crippen molar-refractivity contribution in [2.24, 2.45) is 0 Å². The van der Waals surface area contributed by atoms with E-state index in [1.165, 1.54) is 5.56 Å². The second kappa shape index (κ2) is 9.98. The van der Waals surface area contributed by atoms with Crippen LogP contribution in [0.15, 0.2) is 42.5 Å². The summed E-state index contributed by atoms with van der Waals surface area (Å²) in [6.07, 6.45) is 2.69. The average molecular weight is 407 g/mol. The van der Waals surface area contributed by atoms with Crippen molar-refractivity contribution in [3.05, 3.63) is 63.6 Å². The second-order valence-corrected chi connectivity index (χ2v) is 7.46. The minimum atomic E-state index is 0.295. The maximum Gasteiger partial charge on any atom is 0.222 e. The molecule has 0 unspecified atom stereocenters. The third-order valence-corrected chi connectivity index (χ3v) is 5.36. The molecule has 27 heavy (non-hydrogen) atoms. The SMILES string of the molecule is O=C1CCCN1CCCNCc1ccc(OCc2c(Cl)cccc2Cl)cc1. The summed E-state index contributed by atoms with van der Waals surface area (Å²) in [6.45, 7) is 3.80. The van der Waals surface area contributed by atoms with Gasteiger partial charge in [0, 0.05) is 41.7 Å². The van der Waals surface area contributed by atoms with Gasteiger partial charge in [-0.05, 0) is 49.2 Å². The van der Waals surface area contributed by atoms with E-state index in [1.807, 2.05) is 35.2 Å². The van der Waals surface area contributed by atoms with Crippen LogP contribution in [0.25, 0.3) is 0 Å². The minimum Gasteiger partial charge on any atom is -0.489 e. The average Bonchev–Trinajstić information content (AvgIpc) is 3.07. The summed E-state index contributed by atoms with van der Waals surface area (Å²) in [4.78, 5) is 13.5. The molecule has 0 radical (unpaired) electrons. The van der Waals surface area contributed by atoms with Crippen LogP contribution in [-0.2, 0) is 17.9 Å². The Bertz CT molecular complexity index is 745. The van der Waals surface area contributed by atoms with Crippen LogP contribution in [0.2, 0.25) is 10.0 Å². The predicted molar refractivity (Wildman–Crippen MR) is 109 cm³/mol. The lowest BCUT2D eigenvalue weighted by Gasteiger charge is -2.15. The highest BCUT2D eigenvalue weighted by atomic mass is 35.5. The van der Waals surface area contributed by atoms with Gasteiger partial charge < -0.3 is 15.0 Å². The Morgan fingerprint density at radius 3 is 2.48 bits per heavy atom. The molecule has 2 aromatic rings. The molecule has 4 nitrogen and oxygen atoms in total. The van der Waals surface area contributed by atoms with Crippen molar-refractivity contribution in [1.29, 1.82) is 0 Å². The van der Waals surface area contributed by atoms with E-state index in [0.717, 1.165) is 50.3 Å². The first-order chi connectivity index (χ1) is 13.1. The fraction of sp³-hybridized carbons (Fsp3) is 0.381. The van der Waals surface area contributed by atoms with E-state index in [4.69, 9.17) is 27.9 Å². The van der Waals surface area contributed by atoms with Gasteiger partial charge >= 0.3 is 0 Å². The van der Waals surface area contributed by atoms with Crippen LogP contribution in [0, 0.1) is 0 Å². The van der Waals surface area contributed by atoms with Crippen molar-refractivity contribution in [2.45, 2.75) is 32.4 Å². The van der Waals surface area contributed by atoms with Crippen LogP contribution in [-0.4, -0.2) is 30.4 Å². The largest absolute Gasteiger partial charge is 0.489 e. The molecule has 0 bridgehead atoms. The zero-order chi connectivity index (χ0) is 19.1. The summed E-state index contributed by atoms with van der Waals surface area (Å²) >= 11 is 12.3. The van der Waals surface area contributed by atoms with Crippen molar-refractivity contribution >= 4 is 29.1 Å². The molecule has 1 saturated heterocycles. The van der Waals surface area contributed by atoms with Crippen LogP contribution < -0.4 is 10.1 Å². The van der Waals surface area contributed by atoms with Crippen molar-refractivity contribution in [3.8, 4) is 5.75 Å². The van der Waals surface area contributed by atoms with Gasteiger partial charge in [0.15, 0.2) is 0 Å². The third kappa shape index (κ3) is 5.86. The first-order valence-corrected chi connectivity index (χ1v) is 10.0. The molecule has 3 rings (SSSR count).